The van der Waals surface area contributed by atoms with E-state index < -0.39 is 0 Å². The lowest BCUT2D eigenvalue weighted by Crippen LogP contribution is -2.53. The van der Waals surface area contributed by atoms with Crippen LogP contribution in [0.1, 0.15) is 52.2 Å². The van der Waals surface area contributed by atoms with Gasteiger partial charge in [0.15, 0.2) is 17.9 Å². The molecule has 1 nitrogen and oxygen atoms in total. The minimum atomic E-state index is 0.471. The molecule has 3 aromatic rings. The van der Waals surface area contributed by atoms with Crippen molar-refractivity contribution in [1.82, 2.24) is 0 Å². The van der Waals surface area contributed by atoms with Crippen LogP contribution in [0.3, 0.4) is 0 Å². The van der Waals surface area contributed by atoms with Gasteiger partial charge >= 0.3 is 0 Å². The highest BCUT2D eigenvalue weighted by Crippen LogP contribution is 2.52. The molecule has 0 unspecified atom stereocenters. The monoisotopic (exact) mass is 298 g/mol. The summed E-state index contributed by atoms with van der Waals surface area (Å²) >= 11 is 0. The van der Waals surface area contributed by atoms with Gasteiger partial charge in [-0.2, -0.15) is 4.57 Å². The summed E-state index contributed by atoms with van der Waals surface area (Å²) in [4.78, 5) is 0. The second-order valence-electron chi connectivity index (χ2n) is 6.91. The second-order valence-corrected chi connectivity index (χ2v) is 6.91. The van der Waals surface area contributed by atoms with Gasteiger partial charge in [-0.05, 0) is 18.1 Å². The molecule has 2 aromatic carbocycles. The lowest BCUT2D eigenvalue weighted by molar-refractivity contribution is -0.731. The first-order valence-electron chi connectivity index (χ1n) is 8.48. The number of rotatable bonds is 1. The molecule has 0 fully saturated rings. The van der Waals surface area contributed by atoms with E-state index in [4.69, 9.17) is 0 Å². The van der Waals surface area contributed by atoms with Crippen LogP contribution in [0.25, 0.3) is 0 Å². The summed E-state index contributed by atoms with van der Waals surface area (Å²) in [6.07, 6.45) is 3.46. The first-order chi connectivity index (χ1) is 11.3. The summed E-state index contributed by atoms with van der Waals surface area (Å²) in [6, 6.07) is 25.3. The lowest BCUT2D eigenvalue weighted by atomic mass is 9.65. The van der Waals surface area contributed by atoms with Crippen molar-refractivity contribution < 1.29 is 4.57 Å². The van der Waals surface area contributed by atoms with Crippen molar-refractivity contribution in [3.05, 3.63) is 101 Å². The maximum Gasteiger partial charge on any atom is 0.190 e. The van der Waals surface area contributed by atoms with E-state index in [-0.39, 0.29) is 0 Å². The highest BCUT2D eigenvalue weighted by Gasteiger charge is 2.49. The zero-order valence-electron chi connectivity index (χ0n) is 13.3. The molecule has 3 atom stereocenters. The average Bonchev–Trinajstić information content (AvgIpc) is 2.62. The molecule has 6 rings (SSSR count). The molecule has 0 spiro atoms. The Hall–Kier alpha value is -2.41. The zero-order chi connectivity index (χ0) is 15.4. The Morgan fingerprint density at radius 1 is 0.826 bits per heavy atom. The topological polar surface area (TPSA) is 3.88 Å². The predicted molar refractivity (Wildman–Crippen MR) is 91.6 cm³/mol. The summed E-state index contributed by atoms with van der Waals surface area (Å²) in [6.45, 7) is 2.16. The van der Waals surface area contributed by atoms with Gasteiger partial charge in [0.1, 0.15) is 0 Å². The Morgan fingerprint density at radius 2 is 1.57 bits per heavy atom. The summed E-state index contributed by atoms with van der Waals surface area (Å²) in [5.41, 5.74) is 7.33. The maximum atomic E-state index is 2.50. The van der Waals surface area contributed by atoms with Crippen molar-refractivity contribution in [2.45, 2.75) is 31.2 Å². The van der Waals surface area contributed by atoms with E-state index in [1.807, 2.05) is 0 Å². The molecule has 0 N–H and O–H groups in total. The number of hydrogen-bond donors (Lipinski definition) is 0. The molecule has 1 aromatic heterocycles. The molecule has 2 aliphatic heterocycles. The van der Waals surface area contributed by atoms with Crippen molar-refractivity contribution in [3.8, 4) is 0 Å². The van der Waals surface area contributed by atoms with E-state index >= 15 is 0 Å². The second kappa shape index (κ2) is 4.79. The molecule has 1 heteroatoms. The van der Waals surface area contributed by atoms with Crippen LogP contribution in [0.2, 0.25) is 0 Å². The third-order valence-corrected chi connectivity index (χ3v) is 5.65. The molecular formula is C22H20N+. The van der Waals surface area contributed by atoms with Gasteiger partial charge in [0.05, 0.1) is 5.92 Å². The van der Waals surface area contributed by atoms with Gasteiger partial charge in [-0.25, -0.2) is 0 Å². The van der Waals surface area contributed by atoms with Gasteiger partial charge in [-0.3, -0.25) is 0 Å². The zero-order valence-corrected chi connectivity index (χ0v) is 13.3. The standard InChI is InChI=1S/C22H20N/c1-15-9-11-16(12-10-15)19-14-21-17-6-2-3-7-18(17)22(19)20-8-4-5-13-23(20)21/h2-13,19,21-22H,14H2,1H3/q+1/t19-,21+,22+/m1/s1. The lowest BCUT2D eigenvalue weighted by Gasteiger charge is -2.40. The Bertz CT molecular complexity index is 831. The molecular weight excluding hydrogens is 278 g/mol. The van der Waals surface area contributed by atoms with Crippen LogP contribution in [-0.2, 0) is 0 Å². The first-order valence-corrected chi connectivity index (χ1v) is 8.48. The van der Waals surface area contributed by atoms with E-state index in [0.29, 0.717) is 17.9 Å². The Balaban J connectivity index is 1.72. The van der Waals surface area contributed by atoms with E-state index in [9.17, 15) is 0 Å². The van der Waals surface area contributed by atoms with Crippen molar-refractivity contribution in [2.75, 3.05) is 0 Å². The Morgan fingerprint density at radius 3 is 2.39 bits per heavy atom. The Kier molecular flexibility index (Phi) is 2.72. The number of hydrogen-bond acceptors (Lipinski definition) is 0. The van der Waals surface area contributed by atoms with Gasteiger partial charge < -0.3 is 0 Å². The normalized spacial score (nSPS) is 24.1. The fourth-order valence-corrected chi connectivity index (χ4v) is 4.61. The number of benzene rings is 2. The Labute approximate surface area is 137 Å². The van der Waals surface area contributed by atoms with E-state index in [1.54, 1.807) is 0 Å². The van der Waals surface area contributed by atoms with Gasteiger partial charge in [0.2, 0.25) is 0 Å². The third kappa shape index (κ3) is 1.83. The number of fused-ring (bicyclic) bond motifs is 1. The van der Waals surface area contributed by atoms with Crippen molar-refractivity contribution in [1.29, 1.82) is 0 Å². The summed E-state index contributed by atoms with van der Waals surface area (Å²) in [5.74, 6) is 1.05. The number of aromatic nitrogens is 1. The summed E-state index contributed by atoms with van der Waals surface area (Å²) in [7, 11) is 0. The maximum absolute atomic E-state index is 2.50. The fourth-order valence-electron chi connectivity index (χ4n) is 4.61. The molecule has 0 radical (unpaired) electrons. The van der Waals surface area contributed by atoms with Crippen LogP contribution < -0.4 is 4.57 Å². The van der Waals surface area contributed by atoms with Crippen LogP contribution in [0, 0.1) is 6.92 Å². The first kappa shape index (κ1) is 13.1. The quantitative estimate of drug-likeness (QED) is 0.582. The molecule has 112 valence electrons. The van der Waals surface area contributed by atoms with Crippen LogP contribution in [0.15, 0.2) is 72.9 Å². The number of pyridine rings is 1. The van der Waals surface area contributed by atoms with E-state index in [0.717, 1.165) is 0 Å². The molecule has 0 amide bonds. The molecule has 3 aliphatic rings. The van der Waals surface area contributed by atoms with Crippen LogP contribution in [0.5, 0.6) is 0 Å². The van der Waals surface area contributed by atoms with Crippen LogP contribution in [0.4, 0.5) is 0 Å². The van der Waals surface area contributed by atoms with Crippen molar-refractivity contribution in [2.24, 2.45) is 0 Å². The highest BCUT2D eigenvalue weighted by atomic mass is 15.0. The minimum Gasteiger partial charge on any atom is -0.195 e. The number of aryl methyl sites for hydroxylation is 1. The van der Waals surface area contributed by atoms with Crippen molar-refractivity contribution >= 4 is 0 Å². The smallest absolute Gasteiger partial charge is 0.190 e. The molecule has 0 saturated carbocycles. The summed E-state index contributed by atoms with van der Waals surface area (Å²) < 4.78 is 2.50. The van der Waals surface area contributed by atoms with Gasteiger partial charge in [-0.15, -0.1) is 0 Å². The molecule has 2 bridgehead atoms. The SMILES string of the molecule is Cc1ccc([C@H]2C[C@H]3c4ccccc4[C@@H]2c2cccc[n+]23)cc1. The molecule has 1 aliphatic carbocycles. The average molecular weight is 298 g/mol. The largest absolute Gasteiger partial charge is 0.195 e. The number of nitrogens with zero attached hydrogens (tertiary/aromatic N) is 1. The van der Waals surface area contributed by atoms with Gasteiger partial charge in [0, 0.05) is 30.0 Å². The van der Waals surface area contributed by atoms with Crippen LogP contribution >= 0.6 is 0 Å². The van der Waals surface area contributed by atoms with Gasteiger partial charge in [0.25, 0.3) is 0 Å². The summed E-state index contributed by atoms with van der Waals surface area (Å²) in [5, 5.41) is 0. The fraction of sp³-hybridized carbons (Fsp3) is 0.227. The van der Waals surface area contributed by atoms with Gasteiger partial charge in [-0.1, -0.05) is 60.2 Å². The van der Waals surface area contributed by atoms with Crippen LogP contribution in [-0.4, -0.2) is 0 Å². The van der Waals surface area contributed by atoms with Crippen molar-refractivity contribution in [3.63, 3.8) is 0 Å². The van der Waals surface area contributed by atoms with E-state index in [2.05, 4.69) is 84.4 Å². The predicted octanol–water partition coefficient (Wildman–Crippen LogP) is 4.50. The third-order valence-electron chi connectivity index (χ3n) is 5.65. The molecule has 23 heavy (non-hydrogen) atoms. The van der Waals surface area contributed by atoms with E-state index in [1.165, 1.54) is 34.4 Å². The molecule has 0 saturated heterocycles. The highest BCUT2D eigenvalue weighted by molar-refractivity contribution is 5.45. The minimum absolute atomic E-state index is 0.471. The molecule has 3 heterocycles.